The molecule has 0 aliphatic rings. The van der Waals surface area contributed by atoms with E-state index in [9.17, 15) is 27.2 Å². The van der Waals surface area contributed by atoms with Crippen LogP contribution < -0.4 is 16.0 Å². The van der Waals surface area contributed by atoms with Crippen LogP contribution in [0.4, 0.5) is 17.6 Å². The van der Waals surface area contributed by atoms with Gasteiger partial charge in [-0.1, -0.05) is 11.6 Å². The summed E-state index contributed by atoms with van der Waals surface area (Å²) in [6.45, 7) is 0. The normalized spacial score (nSPS) is 11.2. The number of halogens is 5. The molecular formula is C17H7ClF4N4O3. The molecule has 0 amide bonds. The maximum atomic E-state index is 14.3. The average Bonchev–Trinajstić information content (AvgIpc) is 2.64. The Morgan fingerprint density at radius 1 is 1.21 bits per heavy atom. The van der Waals surface area contributed by atoms with Crippen molar-refractivity contribution in [3.05, 3.63) is 79.5 Å². The lowest BCUT2D eigenvalue weighted by atomic mass is 10.2. The molecular weight excluding hydrogens is 420 g/mol. The summed E-state index contributed by atoms with van der Waals surface area (Å²) in [5.41, 5.74) is -4.93. The van der Waals surface area contributed by atoms with Crippen LogP contribution in [0.3, 0.4) is 0 Å². The summed E-state index contributed by atoms with van der Waals surface area (Å²) < 4.78 is 58.0. The Balaban J connectivity index is 2.10. The van der Waals surface area contributed by atoms with Crippen molar-refractivity contribution < 1.29 is 22.3 Å². The van der Waals surface area contributed by atoms with Crippen molar-refractivity contribution in [1.29, 1.82) is 5.26 Å². The van der Waals surface area contributed by atoms with E-state index < -0.39 is 34.6 Å². The van der Waals surface area contributed by atoms with Gasteiger partial charge in [-0.15, -0.1) is 0 Å². The lowest BCUT2D eigenvalue weighted by Crippen LogP contribution is -2.36. The molecule has 3 rings (SSSR count). The second kappa shape index (κ2) is 7.40. The third-order valence-electron chi connectivity index (χ3n) is 3.56. The number of benzene rings is 1. The molecule has 0 fully saturated rings. The van der Waals surface area contributed by atoms with Gasteiger partial charge in [0.1, 0.15) is 23.3 Å². The highest BCUT2D eigenvalue weighted by Gasteiger charge is 2.33. The number of H-pyrrole nitrogens is 1. The minimum Gasteiger partial charge on any atom is -0.437 e. The van der Waals surface area contributed by atoms with Crippen molar-refractivity contribution >= 4 is 11.6 Å². The molecule has 0 bridgehead atoms. The largest absolute Gasteiger partial charge is 0.437 e. The van der Waals surface area contributed by atoms with Gasteiger partial charge in [-0.2, -0.15) is 18.4 Å². The number of hydrogen-bond acceptors (Lipinski definition) is 5. The van der Waals surface area contributed by atoms with Gasteiger partial charge in [0, 0.05) is 24.4 Å². The van der Waals surface area contributed by atoms with Crippen LogP contribution in [0.2, 0.25) is 5.02 Å². The molecule has 2 heterocycles. The number of pyridine rings is 1. The quantitative estimate of drug-likeness (QED) is 0.647. The molecule has 1 aromatic carbocycles. The number of aromatic nitrogens is 3. The minimum absolute atomic E-state index is 0.0443. The number of nitrogens with zero attached hydrogens (tertiary/aromatic N) is 3. The van der Waals surface area contributed by atoms with Crippen molar-refractivity contribution in [3.8, 4) is 23.4 Å². The Kier molecular flexibility index (Phi) is 5.13. The summed E-state index contributed by atoms with van der Waals surface area (Å²) in [6.07, 6.45) is -3.77. The topological polar surface area (TPSA) is 101 Å². The zero-order chi connectivity index (χ0) is 21.3. The van der Waals surface area contributed by atoms with Gasteiger partial charge < -0.3 is 9.72 Å². The zero-order valence-electron chi connectivity index (χ0n) is 13.9. The van der Waals surface area contributed by atoms with Crippen molar-refractivity contribution in [2.24, 2.45) is 0 Å². The van der Waals surface area contributed by atoms with Crippen molar-refractivity contribution in [3.63, 3.8) is 0 Å². The van der Waals surface area contributed by atoms with E-state index in [4.69, 9.17) is 21.6 Å². The number of alkyl halides is 3. The van der Waals surface area contributed by atoms with Gasteiger partial charge >= 0.3 is 11.9 Å². The highest BCUT2D eigenvalue weighted by Crippen LogP contribution is 2.32. The maximum Gasteiger partial charge on any atom is 0.431 e. The van der Waals surface area contributed by atoms with E-state index in [1.165, 1.54) is 23.3 Å². The fourth-order valence-electron chi connectivity index (χ4n) is 2.26. The molecule has 0 aliphatic heterocycles. The molecule has 148 valence electrons. The minimum atomic E-state index is -4.97. The predicted molar refractivity (Wildman–Crippen MR) is 91.7 cm³/mol. The molecule has 0 saturated carbocycles. The number of hydrogen-bond donors (Lipinski definition) is 1. The van der Waals surface area contributed by atoms with E-state index in [2.05, 4.69) is 4.98 Å². The predicted octanol–water partition coefficient (Wildman–Crippen LogP) is 3.40. The molecule has 29 heavy (non-hydrogen) atoms. The van der Waals surface area contributed by atoms with Crippen molar-refractivity contribution in [2.45, 2.75) is 6.18 Å². The molecule has 0 unspecified atom stereocenters. The van der Waals surface area contributed by atoms with Crippen LogP contribution in [0.15, 0.2) is 46.1 Å². The SMILES string of the molecule is N#Cc1ccc(Oc2cc(-n3c(=O)cc(C(F)(F)F)[nH]c3=O)c(F)cc2Cl)nc1. The van der Waals surface area contributed by atoms with Gasteiger partial charge in [0.05, 0.1) is 16.3 Å². The number of nitriles is 1. The third kappa shape index (κ3) is 4.12. The summed E-state index contributed by atoms with van der Waals surface area (Å²) in [5.74, 6) is -1.42. The van der Waals surface area contributed by atoms with E-state index in [1.54, 1.807) is 0 Å². The number of ether oxygens (including phenoxy) is 1. The molecule has 1 N–H and O–H groups in total. The van der Waals surface area contributed by atoms with Gasteiger partial charge in [0.25, 0.3) is 5.56 Å². The van der Waals surface area contributed by atoms with E-state index >= 15 is 0 Å². The molecule has 0 atom stereocenters. The van der Waals surface area contributed by atoms with Crippen LogP contribution in [0.25, 0.3) is 5.69 Å². The first-order valence-corrected chi connectivity index (χ1v) is 7.95. The highest BCUT2D eigenvalue weighted by atomic mass is 35.5. The van der Waals surface area contributed by atoms with E-state index in [-0.39, 0.29) is 32.8 Å². The Hall–Kier alpha value is -3.65. The molecule has 2 aromatic heterocycles. The summed E-state index contributed by atoms with van der Waals surface area (Å²) in [4.78, 5) is 29.4. The first-order valence-electron chi connectivity index (χ1n) is 7.57. The summed E-state index contributed by atoms with van der Waals surface area (Å²) in [5, 5.41) is 8.49. The Bertz CT molecular complexity index is 1210. The van der Waals surface area contributed by atoms with Crippen LogP contribution >= 0.6 is 11.6 Å². The number of aromatic amines is 1. The third-order valence-corrected chi connectivity index (χ3v) is 3.86. The summed E-state index contributed by atoms with van der Waals surface area (Å²) >= 11 is 5.89. The Labute approximate surface area is 163 Å². The molecule has 3 aromatic rings. The van der Waals surface area contributed by atoms with Gasteiger partial charge in [-0.3, -0.25) is 4.79 Å². The lowest BCUT2D eigenvalue weighted by molar-refractivity contribution is -0.141. The first kappa shape index (κ1) is 20.1. The van der Waals surface area contributed by atoms with E-state index in [0.29, 0.717) is 0 Å². The molecule has 0 radical (unpaired) electrons. The van der Waals surface area contributed by atoms with Crippen LogP contribution in [-0.2, 0) is 6.18 Å². The van der Waals surface area contributed by atoms with Gasteiger partial charge in [-0.25, -0.2) is 18.7 Å². The van der Waals surface area contributed by atoms with Crippen LogP contribution in [0.5, 0.6) is 11.6 Å². The van der Waals surface area contributed by atoms with Crippen molar-refractivity contribution in [1.82, 2.24) is 14.5 Å². The van der Waals surface area contributed by atoms with E-state index in [1.807, 2.05) is 6.07 Å². The molecule has 0 aliphatic carbocycles. The van der Waals surface area contributed by atoms with Crippen LogP contribution in [0, 0.1) is 17.1 Å². The van der Waals surface area contributed by atoms with Crippen LogP contribution in [0.1, 0.15) is 11.3 Å². The zero-order valence-corrected chi connectivity index (χ0v) is 14.7. The smallest absolute Gasteiger partial charge is 0.431 e. The second-order valence-corrected chi connectivity index (χ2v) is 5.90. The van der Waals surface area contributed by atoms with Crippen molar-refractivity contribution in [2.75, 3.05) is 0 Å². The number of nitrogens with one attached hydrogen (secondary N) is 1. The van der Waals surface area contributed by atoms with E-state index in [0.717, 1.165) is 12.1 Å². The maximum absolute atomic E-state index is 14.3. The van der Waals surface area contributed by atoms with Gasteiger partial charge in [0.15, 0.2) is 0 Å². The van der Waals surface area contributed by atoms with Crippen LogP contribution in [-0.4, -0.2) is 14.5 Å². The first-order chi connectivity index (χ1) is 13.6. The molecule has 0 spiro atoms. The fraction of sp³-hybridized carbons (Fsp3) is 0.0588. The standard InChI is InChI=1S/C17H7ClF4N4O3/c18-9-3-10(19)11(4-12(9)29-14-2-1-8(6-23)7-24-14)26-15(27)5-13(17(20,21)22)25-16(26)28/h1-5,7H,(H,25,28). The second-order valence-electron chi connectivity index (χ2n) is 5.49. The Morgan fingerprint density at radius 3 is 2.48 bits per heavy atom. The monoisotopic (exact) mass is 426 g/mol. The fourth-order valence-corrected chi connectivity index (χ4v) is 2.45. The van der Waals surface area contributed by atoms with Gasteiger partial charge in [-0.05, 0) is 12.1 Å². The lowest BCUT2D eigenvalue weighted by Gasteiger charge is -2.12. The Morgan fingerprint density at radius 2 is 1.93 bits per heavy atom. The molecule has 12 heteroatoms. The molecule has 0 saturated heterocycles. The molecule has 7 nitrogen and oxygen atoms in total. The summed E-state index contributed by atoms with van der Waals surface area (Å²) in [7, 11) is 0. The average molecular weight is 427 g/mol. The van der Waals surface area contributed by atoms with Gasteiger partial charge in [0.2, 0.25) is 5.88 Å². The highest BCUT2D eigenvalue weighted by molar-refractivity contribution is 6.32. The number of rotatable bonds is 3. The summed E-state index contributed by atoms with van der Waals surface area (Å²) in [6, 6.07) is 6.25.